The van der Waals surface area contributed by atoms with Gasteiger partial charge in [0.2, 0.25) is 0 Å². The minimum Gasteiger partial charge on any atom is -0.387 e. The van der Waals surface area contributed by atoms with Gasteiger partial charge >= 0.3 is 6.03 Å². The number of urea groups is 1. The van der Waals surface area contributed by atoms with Crippen molar-refractivity contribution in [1.82, 2.24) is 5.32 Å². The molecule has 0 aromatic heterocycles. The largest absolute Gasteiger partial charge is 0.387 e. The van der Waals surface area contributed by atoms with Crippen LogP contribution in [-0.4, -0.2) is 31.3 Å². The van der Waals surface area contributed by atoms with Gasteiger partial charge in [-0.25, -0.2) is 4.79 Å². The average molecular weight is 325 g/mol. The van der Waals surface area contributed by atoms with E-state index in [1.54, 1.807) is 0 Å². The number of rotatable bonds is 4. The predicted molar refractivity (Wildman–Crippen MR) is 96.6 cm³/mol. The highest BCUT2D eigenvalue weighted by Gasteiger charge is 2.16. The van der Waals surface area contributed by atoms with E-state index in [1.165, 1.54) is 5.56 Å². The molecule has 0 saturated carbocycles. The lowest BCUT2D eigenvalue weighted by molar-refractivity contribution is 0.174. The van der Waals surface area contributed by atoms with E-state index in [-0.39, 0.29) is 12.6 Å². The van der Waals surface area contributed by atoms with E-state index >= 15 is 0 Å². The normalized spacial score (nSPS) is 14.2. The van der Waals surface area contributed by atoms with Crippen LogP contribution in [0.25, 0.3) is 0 Å². The van der Waals surface area contributed by atoms with E-state index in [0.29, 0.717) is 0 Å². The van der Waals surface area contributed by atoms with Gasteiger partial charge in [-0.1, -0.05) is 30.3 Å². The highest BCUT2D eigenvalue weighted by Crippen LogP contribution is 2.29. The maximum atomic E-state index is 12.1. The number of carbonyl (C=O) groups is 1. The number of fused-ring (bicyclic) bond motifs is 1. The number of anilines is 2. The first-order chi connectivity index (χ1) is 11.5. The predicted octanol–water partition coefficient (Wildman–Crippen LogP) is 2.84. The Kier molecular flexibility index (Phi) is 4.71. The fraction of sp³-hybridized carbons (Fsp3) is 0.316. The van der Waals surface area contributed by atoms with E-state index in [4.69, 9.17) is 0 Å². The molecule has 1 unspecified atom stereocenters. The van der Waals surface area contributed by atoms with Crippen LogP contribution in [-0.2, 0) is 6.42 Å². The lowest BCUT2D eigenvalue weighted by Crippen LogP contribution is -2.32. The summed E-state index contributed by atoms with van der Waals surface area (Å²) < 4.78 is 0. The number of carbonyl (C=O) groups excluding carboxylic acids is 1. The van der Waals surface area contributed by atoms with Gasteiger partial charge in [-0.3, -0.25) is 0 Å². The third-order valence-electron chi connectivity index (χ3n) is 4.47. The zero-order valence-corrected chi connectivity index (χ0v) is 14.0. The number of hydrogen-bond donors (Lipinski definition) is 3. The second-order valence-electron chi connectivity index (χ2n) is 6.22. The maximum absolute atomic E-state index is 12.1. The first kappa shape index (κ1) is 16.3. The van der Waals surface area contributed by atoms with E-state index in [9.17, 15) is 9.90 Å². The Labute approximate surface area is 142 Å². The molecule has 3 N–H and O–H groups in total. The van der Waals surface area contributed by atoms with Gasteiger partial charge in [0, 0.05) is 31.5 Å². The van der Waals surface area contributed by atoms with Crippen molar-refractivity contribution < 1.29 is 9.90 Å². The van der Waals surface area contributed by atoms with Crippen molar-refractivity contribution in [2.75, 3.05) is 30.4 Å². The fourth-order valence-corrected chi connectivity index (χ4v) is 3.05. The Bertz CT molecular complexity index is 745. The molecule has 1 aliphatic rings. The van der Waals surface area contributed by atoms with Crippen molar-refractivity contribution in [1.29, 1.82) is 0 Å². The summed E-state index contributed by atoms with van der Waals surface area (Å²) in [5, 5.41) is 15.8. The molecule has 126 valence electrons. The van der Waals surface area contributed by atoms with Gasteiger partial charge in [-0.15, -0.1) is 0 Å². The summed E-state index contributed by atoms with van der Waals surface area (Å²) in [4.78, 5) is 14.2. The number of nitrogens with one attached hydrogen (secondary N) is 2. The minimum atomic E-state index is -0.719. The third-order valence-corrected chi connectivity index (χ3v) is 4.47. The molecule has 1 heterocycles. The number of aliphatic hydroxyl groups excluding tert-OH is 1. The van der Waals surface area contributed by atoms with Crippen LogP contribution in [0.2, 0.25) is 0 Å². The Balaban J connectivity index is 1.57. The first-order valence-corrected chi connectivity index (χ1v) is 8.17. The Morgan fingerprint density at radius 1 is 1.29 bits per heavy atom. The minimum absolute atomic E-state index is 0.168. The summed E-state index contributed by atoms with van der Waals surface area (Å²) in [6.45, 7) is 3.12. The standard InChI is InChI=1S/C19H23N3O2/c1-13-5-3-4-6-16(13)18(23)12-20-19(24)21-15-8-7-14-9-10-22(2)17(14)11-15/h3-8,11,18,23H,9-10,12H2,1-2H3,(H2,20,21,24). The number of hydrogen-bond acceptors (Lipinski definition) is 3. The van der Waals surface area contributed by atoms with Gasteiger partial charge in [0.15, 0.2) is 0 Å². The zero-order chi connectivity index (χ0) is 17.1. The van der Waals surface area contributed by atoms with Crippen LogP contribution >= 0.6 is 0 Å². The van der Waals surface area contributed by atoms with Gasteiger partial charge in [-0.05, 0) is 42.2 Å². The van der Waals surface area contributed by atoms with Crippen LogP contribution < -0.4 is 15.5 Å². The Morgan fingerprint density at radius 3 is 2.88 bits per heavy atom. The molecule has 2 amide bonds. The summed E-state index contributed by atoms with van der Waals surface area (Å²) in [5.74, 6) is 0. The van der Waals surface area contributed by atoms with E-state index < -0.39 is 6.10 Å². The highest BCUT2D eigenvalue weighted by molar-refractivity contribution is 5.90. The van der Waals surface area contributed by atoms with Crippen LogP contribution in [0, 0.1) is 6.92 Å². The number of nitrogens with zero attached hydrogens (tertiary/aromatic N) is 1. The molecule has 2 aromatic rings. The van der Waals surface area contributed by atoms with E-state index in [2.05, 4.69) is 21.6 Å². The lowest BCUT2D eigenvalue weighted by atomic mass is 10.0. The van der Waals surface area contributed by atoms with Crippen molar-refractivity contribution in [2.45, 2.75) is 19.4 Å². The first-order valence-electron chi connectivity index (χ1n) is 8.17. The third kappa shape index (κ3) is 3.51. The summed E-state index contributed by atoms with van der Waals surface area (Å²) in [5.41, 5.74) is 5.06. The quantitative estimate of drug-likeness (QED) is 0.810. The van der Waals surface area contributed by atoms with Gasteiger partial charge in [0.05, 0.1) is 6.10 Å². The van der Waals surface area contributed by atoms with Gasteiger partial charge in [-0.2, -0.15) is 0 Å². The van der Waals surface area contributed by atoms with Crippen LogP contribution in [0.5, 0.6) is 0 Å². The summed E-state index contributed by atoms with van der Waals surface area (Å²) in [7, 11) is 2.05. The monoisotopic (exact) mass is 325 g/mol. The van der Waals surface area contributed by atoms with Crippen LogP contribution in [0.1, 0.15) is 22.8 Å². The number of amides is 2. The highest BCUT2D eigenvalue weighted by atomic mass is 16.3. The average Bonchev–Trinajstić information content (AvgIpc) is 2.94. The molecule has 5 heteroatoms. The van der Waals surface area contributed by atoms with Crippen molar-refractivity contribution in [3.8, 4) is 0 Å². The molecule has 0 saturated heterocycles. The molecule has 5 nitrogen and oxygen atoms in total. The summed E-state index contributed by atoms with van der Waals surface area (Å²) >= 11 is 0. The van der Waals surface area contributed by atoms with Crippen molar-refractivity contribution in [3.63, 3.8) is 0 Å². The molecule has 0 bridgehead atoms. The smallest absolute Gasteiger partial charge is 0.319 e. The second-order valence-corrected chi connectivity index (χ2v) is 6.22. The number of aryl methyl sites for hydroxylation is 1. The van der Waals surface area contributed by atoms with Crippen molar-refractivity contribution in [3.05, 3.63) is 59.2 Å². The number of likely N-dealkylation sites (N-methyl/N-ethyl adjacent to an activating group) is 1. The number of aliphatic hydroxyl groups is 1. The zero-order valence-electron chi connectivity index (χ0n) is 14.0. The van der Waals surface area contributed by atoms with Crippen LogP contribution in [0.15, 0.2) is 42.5 Å². The van der Waals surface area contributed by atoms with Gasteiger partial charge in [0.25, 0.3) is 0 Å². The van der Waals surface area contributed by atoms with Crippen LogP contribution in [0.4, 0.5) is 16.2 Å². The molecule has 24 heavy (non-hydrogen) atoms. The van der Waals surface area contributed by atoms with E-state index in [0.717, 1.165) is 35.5 Å². The molecule has 3 rings (SSSR count). The topological polar surface area (TPSA) is 64.6 Å². The van der Waals surface area contributed by atoms with Gasteiger partial charge < -0.3 is 20.6 Å². The molecule has 0 aliphatic carbocycles. The Hall–Kier alpha value is -2.53. The molecular weight excluding hydrogens is 302 g/mol. The lowest BCUT2D eigenvalue weighted by Gasteiger charge is -2.16. The fourth-order valence-electron chi connectivity index (χ4n) is 3.05. The van der Waals surface area contributed by atoms with E-state index in [1.807, 2.05) is 50.4 Å². The number of benzene rings is 2. The SMILES string of the molecule is Cc1ccccc1C(O)CNC(=O)Nc1ccc2c(c1)N(C)CC2. The molecule has 2 aromatic carbocycles. The molecule has 0 fully saturated rings. The maximum Gasteiger partial charge on any atom is 0.319 e. The van der Waals surface area contributed by atoms with Crippen molar-refractivity contribution in [2.24, 2.45) is 0 Å². The van der Waals surface area contributed by atoms with Crippen LogP contribution in [0.3, 0.4) is 0 Å². The Morgan fingerprint density at radius 2 is 2.08 bits per heavy atom. The molecule has 1 aliphatic heterocycles. The molecule has 1 atom stereocenters. The summed E-state index contributed by atoms with van der Waals surface area (Å²) in [6, 6.07) is 13.3. The van der Waals surface area contributed by atoms with Gasteiger partial charge in [0.1, 0.15) is 0 Å². The second kappa shape index (κ2) is 6.93. The van der Waals surface area contributed by atoms with Crippen molar-refractivity contribution >= 4 is 17.4 Å². The molecular formula is C19H23N3O2. The summed E-state index contributed by atoms with van der Waals surface area (Å²) in [6.07, 6.45) is 0.323. The molecule has 0 radical (unpaired) electrons. The molecule has 0 spiro atoms.